The molecule has 0 aromatic carbocycles. The van der Waals surface area contributed by atoms with Crippen molar-refractivity contribution in [2.75, 3.05) is 33.4 Å². The van der Waals surface area contributed by atoms with Crippen molar-refractivity contribution >= 4 is 0 Å². The molecule has 1 aliphatic rings. The van der Waals surface area contributed by atoms with Crippen LogP contribution in [0.15, 0.2) is 0 Å². The van der Waals surface area contributed by atoms with Gasteiger partial charge in [0.1, 0.15) is 0 Å². The molecule has 1 fully saturated rings. The van der Waals surface area contributed by atoms with E-state index < -0.39 is 0 Å². The van der Waals surface area contributed by atoms with Crippen molar-refractivity contribution in [3.05, 3.63) is 0 Å². The first kappa shape index (κ1) is 10.0. The van der Waals surface area contributed by atoms with E-state index in [1.807, 2.05) is 0 Å². The summed E-state index contributed by atoms with van der Waals surface area (Å²) in [6, 6.07) is 0. The van der Waals surface area contributed by atoms with Crippen LogP contribution in [-0.4, -0.2) is 38.3 Å². The van der Waals surface area contributed by atoms with Crippen molar-refractivity contribution in [3.63, 3.8) is 0 Å². The minimum atomic E-state index is 0.504. The Bertz CT molecular complexity index is 141. The van der Waals surface area contributed by atoms with E-state index in [9.17, 15) is 0 Å². The zero-order valence-corrected chi connectivity index (χ0v) is 8.76. The first-order valence-electron chi connectivity index (χ1n) is 4.85. The summed E-state index contributed by atoms with van der Waals surface area (Å²) in [5, 5.41) is 0. The molecule has 2 nitrogen and oxygen atoms in total. The van der Waals surface area contributed by atoms with Crippen LogP contribution in [0, 0.1) is 11.3 Å². The highest BCUT2D eigenvalue weighted by Gasteiger charge is 2.40. The fourth-order valence-corrected chi connectivity index (χ4v) is 1.99. The summed E-state index contributed by atoms with van der Waals surface area (Å²) in [5.41, 5.74) is 0.504. The van der Waals surface area contributed by atoms with Gasteiger partial charge in [0.15, 0.2) is 0 Å². The number of likely N-dealkylation sites (tertiary alicyclic amines) is 1. The van der Waals surface area contributed by atoms with Gasteiger partial charge in [-0.25, -0.2) is 0 Å². The Balaban J connectivity index is 2.27. The van der Waals surface area contributed by atoms with Crippen LogP contribution in [0.4, 0.5) is 0 Å². The van der Waals surface area contributed by atoms with Crippen LogP contribution in [0.2, 0.25) is 0 Å². The fraction of sp³-hybridized carbons (Fsp3) is 1.00. The molecule has 72 valence electrons. The average molecular weight is 171 g/mol. The molecule has 1 unspecified atom stereocenters. The summed E-state index contributed by atoms with van der Waals surface area (Å²) in [5.74, 6) is 0.689. The van der Waals surface area contributed by atoms with E-state index in [1.54, 1.807) is 0 Å². The molecule has 1 atom stereocenters. The summed E-state index contributed by atoms with van der Waals surface area (Å²) in [4.78, 5) is 2.36. The molecule has 1 rings (SSSR count). The van der Waals surface area contributed by atoms with Gasteiger partial charge < -0.3 is 9.64 Å². The van der Waals surface area contributed by atoms with Crippen LogP contribution < -0.4 is 0 Å². The first-order chi connectivity index (χ1) is 5.58. The van der Waals surface area contributed by atoms with Gasteiger partial charge in [0.25, 0.3) is 0 Å². The van der Waals surface area contributed by atoms with Crippen LogP contribution in [-0.2, 0) is 4.74 Å². The summed E-state index contributed by atoms with van der Waals surface area (Å²) >= 11 is 0. The molecule has 0 N–H and O–H groups in total. The number of hydrogen-bond donors (Lipinski definition) is 0. The smallest absolute Gasteiger partial charge is 0.0497 e. The molecule has 2 heteroatoms. The van der Waals surface area contributed by atoms with E-state index in [2.05, 4.69) is 32.7 Å². The number of ether oxygens (including phenoxy) is 1. The van der Waals surface area contributed by atoms with Gasteiger partial charge in [-0.05, 0) is 25.3 Å². The third-order valence-corrected chi connectivity index (χ3v) is 3.02. The van der Waals surface area contributed by atoms with E-state index in [0.717, 1.165) is 13.2 Å². The first-order valence-corrected chi connectivity index (χ1v) is 4.85. The zero-order valence-electron chi connectivity index (χ0n) is 8.76. The summed E-state index contributed by atoms with van der Waals surface area (Å²) in [6.07, 6.45) is 0. The number of rotatable bonds is 4. The Hall–Kier alpha value is -0.0800. The van der Waals surface area contributed by atoms with Gasteiger partial charge in [-0.1, -0.05) is 13.8 Å². The Morgan fingerprint density at radius 3 is 2.50 bits per heavy atom. The largest absolute Gasteiger partial charge is 0.381 e. The topological polar surface area (TPSA) is 12.5 Å². The summed E-state index contributed by atoms with van der Waals surface area (Å²) in [7, 11) is 2.18. The van der Waals surface area contributed by atoms with Crippen molar-refractivity contribution in [1.29, 1.82) is 0 Å². The maximum atomic E-state index is 5.43. The highest BCUT2D eigenvalue weighted by Crippen LogP contribution is 2.36. The zero-order chi connectivity index (χ0) is 9.19. The molecule has 0 aliphatic carbocycles. The van der Waals surface area contributed by atoms with Gasteiger partial charge in [-0.2, -0.15) is 0 Å². The molecule has 0 saturated carbocycles. The minimum absolute atomic E-state index is 0.504. The van der Waals surface area contributed by atoms with Crippen LogP contribution >= 0.6 is 0 Å². The Labute approximate surface area is 75.9 Å². The normalized spacial score (nSPS) is 25.0. The number of hydrogen-bond acceptors (Lipinski definition) is 2. The van der Waals surface area contributed by atoms with Crippen molar-refractivity contribution < 1.29 is 4.74 Å². The van der Waals surface area contributed by atoms with E-state index in [1.165, 1.54) is 13.1 Å². The molecule has 0 aromatic heterocycles. The predicted molar refractivity (Wildman–Crippen MR) is 51.3 cm³/mol. The second-order valence-electron chi connectivity index (χ2n) is 4.39. The van der Waals surface area contributed by atoms with Crippen molar-refractivity contribution in [2.45, 2.75) is 20.8 Å². The van der Waals surface area contributed by atoms with Gasteiger partial charge >= 0.3 is 0 Å². The molecule has 0 spiro atoms. The standard InChI is InChI=1S/C10H21NO/c1-5-12-6-9(2)10(3)7-11(4)8-10/h9H,5-8H2,1-4H3. The van der Waals surface area contributed by atoms with E-state index in [4.69, 9.17) is 4.74 Å². The lowest BCUT2D eigenvalue weighted by atomic mass is 9.72. The van der Waals surface area contributed by atoms with Crippen molar-refractivity contribution in [2.24, 2.45) is 11.3 Å². The average Bonchev–Trinajstić information content (AvgIpc) is 1.97. The summed E-state index contributed by atoms with van der Waals surface area (Å²) < 4.78 is 5.43. The third-order valence-electron chi connectivity index (χ3n) is 3.02. The van der Waals surface area contributed by atoms with Crippen LogP contribution in [0.25, 0.3) is 0 Å². The minimum Gasteiger partial charge on any atom is -0.381 e. The Kier molecular flexibility index (Phi) is 3.13. The molecule has 0 aromatic rings. The third kappa shape index (κ3) is 1.99. The molecular formula is C10H21NO. The molecule has 1 saturated heterocycles. The second-order valence-corrected chi connectivity index (χ2v) is 4.39. The molecule has 0 bridgehead atoms. The summed E-state index contributed by atoms with van der Waals surface area (Å²) in [6.45, 7) is 10.9. The van der Waals surface area contributed by atoms with E-state index in [0.29, 0.717) is 11.3 Å². The van der Waals surface area contributed by atoms with Gasteiger partial charge in [0.05, 0.1) is 0 Å². The highest BCUT2D eigenvalue weighted by atomic mass is 16.5. The molecule has 0 amide bonds. The maximum absolute atomic E-state index is 5.43. The van der Waals surface area contributed by atoms with Crippen LogP contribution in [0.5, 0.6) is 0 Å². The van der Waals surface area contributed by atoms with Crippen LogP contribution in [0.3, 0.4) is 0 Å². The molecular weight excluding hydrogens is 150 g/mol. The lowest BCUT2D eigenvalue weighted by molar-refractivity contribution is -0.0410. The van der Waals surface area contributed by atoms with Crippen molar-refractivity contribution in [1.82, 2.24) is 4.90 Å². The van der Waals surface area contributed by atoms with Crippen LogP contribution in [0.1, 0.15) is 20.8 Å². The molecule has 1 aliphatic heterocycles. The second kappa shape index (κ2) is 3.75. The fourth-order valence-electron chi connectivity index (χ4n) is 1.99. The molecule has 1 heterocycles. The van der Waals surface area contributed by atoms with E-state index in [-0.39, 0.29) is 0 Å². The lowest BCUT2D eigenvalue weighted by Crippen LogP contribution is -2.56. The molecule has 0 radical (unpaired) electrons. The van der Waals surface area contributed by atoms with Crippen molar-refractivity contribution in [3.8, 4) is 0 Å². The Morgan fingerprint density at radius 1 is 1.50 bits per heavy atom. The SMILES string of the molecule is CCOCC(C)C1(C)CN(C)C1. The number of nitrogens with zero attached hydrogens (tertiary/aromatic N) is 1. The van der Waals surface area contributed by atoms with Gasteiger partial charge in [-0.3, -0.25) is 0 Å². The van der Waals surface area contributed by atoms with Gasteiger partial charge in [-0.15, -0.1) is 0 Å². The quantitative estimate of drug-likeness (QED) is 0.637. The van der Waals surface area contributed by atoms with E-state index >= 15 is 0 Å². The van der Waals surface area contributed by atoms with Gasteiger partial charge in [0.2, 0.25) is 0 Å². The molecule has 12 heavy (non-hydrogen) atoms. The highest BCUT2D eigenvalue weighted by molar-refractivity contribution is 4.93. The lowest BCUT2D eigenvalue weighted by Gasteiger charge is -2.50. The monoisotopic (exact) mass is 171 g/mol. The van der Waals surface area contributed by atoms with Gasteiger partial charge in [0, 0.05) is 26.3 Å². The Morgan fingerprint density at radius 2 is 2.08 bits per heavy atom. The predicted octanol–water partition coefficient (Wildman–Crippen LogP) is 1.61. The maximum Gasteiger partial charge on any atom is 0.0497 e.